The van der Waals surface area contributed by atoms with E-state index in [0.717, 1.165) is 16.9 Å². The summed E-state index contributed by atoms with van der Waals surface area (Å²) in [5, 5.41) is 9.84. The Labute approximate surface area is 204 Å². The molecule has 2 aromatic carbocycles. The number of thioether (sulfide) groups is 1. The molecule has 0 atom stereocenters. The highest BCUT2D eigenvalue weighted by atomic mass is 32.2. The van der Waals surface area contributed by atoms with Crippen LogP contribution in [-0.2, 0) is 13.0 Å². The monoisotopic (exact) mass is 490 g/mol. The van der Waals surface area contributed by atoms with Gasteiger partial charge in [0.15, 0.2) is 10.9 Å². The molecule has 9 heteroatoms. The first-order valence-electron chi connectivity index (χ1n) is 10.8. The summed E-state index contributed by atoms with van der Waals surface area (Å²) < 4.78 is 8.94. The van der Waals surface area contributed by atoms with E-state index in [9.17, 15) is 9.59 Å². The number of carbonyl (C=O) groups excluding carboxylic acids is 1. The number of benzene rings is 2. The molecule has 0 spiro atoms. The van der Waals surface area contributed by atoms with Crippen LogP contribution in [0.4, 0.5) is 0 Å². The Morgan fingerprint density at radius 1 is 1.06 bits per heavy atom. The number of fused-ring (bicyclic) bond motifs is 3. The molecule has 5 rings (SSSR count). The Bertz CT molecular complexity index is 1570. The number of para-hydroxylation sites is 2. The second kappa shape index (κ2) is 9.44. The molecule has 3 heterocycles. The van der Waals surface area contributed by atoms with E-state index >= 15 is 0 Å². The Balaban J connectivity index is 1.57. The molecule has 0 aliphatic heterocycles. The van der Waals surface area contributed by atoms with Gasteiger partial charge in [-0.2, -0.15) is 0 Å². The fourth-order valence-electron chi connectivity index (χ4n) is 3.89. The van der Waals surface area contributed by atoms with Crippen LogP contribution in [0.5, 0.6) is 5.75 Å². The standard InChI is InChI=1S/C25H22N4O3S2/c1-3-17-12-13-22(34-17)20(30)15-33-25-27-26-24-28(14-16-8-4-7-11-21(16)32-2)23(31)18-9-5-6-10-19(18)29(24)25/h4-13H,3,14-15H2,1-2H3. The van der Waals surface area contributed by atoms with Crippen LogP contribution in [0.25, 0.3) is 16.7 Å². The largest absolute Gasteiger partial charge is 0.496 e. The summed E-state index contributed by atoms with van der Waals surface area (Å²) in [7, 11) is 1.61. The summed E-state index contributed by atoms with van der Waals surface area (Å²) in [6, 6.07) is 18.9. The van der Waals surface area contributed by atoms with E-state index in [1.165, 1.54) is 28.0 Å². The average molecular weight is 491 g/mol. The minimum absolute atomic E-state index is 0.0538. The molecule has 0 fully saturated rings. The van der Waals surface area contributed by atoms with Gasteiger partial charge < -0.3 is 4.74 Å². The molecule has 3 aromatic heterocycles. The molecule has 0 aliphatic rings. The van der Waals surface area contributed by atoms with Crippen LogP contribution in [0.3, 0.4) is 0 Å². The van der Waals surface area contributed by atoms with Crippen molar-refractivity contribution in [2.45, 2.75) is 25.0 Å². The van der Waals surface area contributed by atoms with Crippen LogP contribution in [-0.4, -0.2) is 37.8 Å². The van der Waals surface area contributed by atoms with Crippen molar-refractivity contribution in [3.63, 3.8) is 0 Å². The zero-order valence-electron chi connectivity index (χ0n) is 18.7. The second-order valence-electron chi connectivity index (χ2n) is 7.67. The molecule has 0 radical (unpaired) electrons. The topological polar surface area (TPSA) is 78.5 Å². The third kappa shape index (κ3) is 4.01. The Morgan fingerprint density at radius 3 is 2.65 bits per heavy atom. The molecule has 0 bridgehead atoms. The Hall–Kier alpha value is -3.43. The van der Waals surface area contributed by atoms with Crippen molar-refractivity contribution in [1.82, 2.24) is 19.2 Å². The zero-order valence-corrected chi connectivity index (χ0v) is 20.4. The van der Waals surface area contributed by atoms with Crippen molar-refractivity contribution in [2.75, 3.05) is 12.9 Å². The van der Waals surface area contributed by atoms with Gasteiger partial charge in [0.05, 0.1) is 35.2 Å². The normalized spacial score (nSPS) is 11.4. The zero-order chi connectivity index (χ0) is 23.7. The van der Waals surface area contributed by atoms with Crippen molar-refractivity contribution in [2.24, 2.45) is 0 Å². The van der Waals surface area contributed by atoms with Gasteiger partial charge in [0, 0.05) is 10.4 Å². The number of thiophene rings is 1. The third-order valence-electron chi connectivity index (χ3n) is 5.62. The summed E-state index contributed by atoms with van der Waals surface area (Å²) >= 11 is 2.86. The third-order valence-corrected chi connectivity index (χ3v) is 7.82. The highest BCUT2D eigenvalue weighted by molar-refractivity contribution is 7.99. The maximum Gasteiger partial charge on any atom is 0.263 e. The second-order valence-corrected chi connectivity index (χ2v) is 9.78. The van der Waals surface area contributed by atoms with E-state index in [0.29, 0.717) is 27.6 Å². The number of ether oxygens (including phenoxy) is 1. The van der Waals surface area contributed by atoms with Crippen molar-refractivity contribution in [3.05, 3.63) is 86.3 Å². The lowest BCUT2D eigenvalue weighted by Crippen LogP contribution is -2.24. The van der Waals surface area contributed by atoms with Crippen LogP contribution < -0.4 is 10.3 Å². The number of carbonyl (C=O) groups is 1. The summed E-state index contributed by atoms with van der Waals surface area (Å²) in [5.41, 5.74) is 1.42. The lowest BCUT2D eigenvalue weighted by atomic mass is 10.2. The van der Waals surface area contributed by atoms with Crippen molar-refractivity contribution >= 4 is 45.6 Å². The lowest BCUT2D eigenvalue weighted by molar-refractivity contribution is 0.102. The highest BCUT2D eigenvalue weighted by Gasteiger charge is 2.19. The van der Waals surface area contributed by atoms with Crippen LogP contribution in [0.1, 0.15) is 27.0 Å². The predicted molar refractivity (Wildman–Crippen MR) is 136 cm³/mol. The molecule has 5 aromatic rings. The molecule has 0 saturated carbocycles. The van der Waals surface area contributed by atoms with Crippen molar-refractivity contribution in [1.29, 1.82) is 0 Å². The molecule has 0 aliphatic carbocycles. The number of Topliss-reactive ketones (excluding diaryl/α,β-unsaturated/α-hetero) is 1. The molecule has 172 valence electrons. The van der Waals surface area contributed by atoms with Gasteiger partial charge in [0.1, 0.15) is 5.75 Å². The van der Waals surface area contributed by atoms with Crippen LogP contribution in [0.15, 0.2) is 70.6 Å². The number of nitrogens with zero attached hydrogens (tertiary/aromatic N) is 4. The van der Waals surface area contributed by atoms with Gasteiger partial charge in [0.2, 0.25) is 5.78 Å². The van der Waals surface area contributed by atoms with Crippen molar-refractivity contribution < 1.29 is 9.53 Å². The predicted octanol–water partition coefficient (Wildman–Crippen LogP) is 4.70. The van der Waals surface area contributed by atoms with Gasteiger partial charge >= 0.3 is 0 Å². The lowest BCUT2D eigenvalue weighted by Gasteiger charge is -2.13. The molecule has 7 nitrogen and oxygen atoms in total. The molecule has 34 heavy (non-hydrogen) atoms. The minimum Gasteiger partial charge on any atom is -0.496 e. The van der Waals surface area contributed by atoms with Crippen LogP contribution in [0.2, 0.25) is 0 Å². The fraction of sp³-hybridized carbons (Fsp3) is 0.200. The number of rotatable bonds is 8. The maximum atomic E-state index is 13.4. The number of hydrogen-bond acceptors (Lipinski definition) is 7. The van der Waals surface area contributed by atoms with Crippen LogP contribution >= 0.6 is 23.1 Å². The summed E-state index contributed by atoms with van der Waals surface area (Å²) in [6.45, 7) is 2.36. The molecule has 0 N–H and O–H groups in total. The van der Waals surface area contributed by atoms with Gasteiger partial charge in [-0.1, -0.05) is 49.0 Å². The summed E-state index contributed by atoms with van der Waals surface area (Å²) in [5.74, 6) is 1.42. The van der Waals surface area contributed by atoms with E-state index in [1.54, 1.807) is 17.7 Å². The van der Waals surface area contributed by atoms with E-state index < -0.39 is 0 Å². The molecule has 0 amide bonds. The number of aromatic nitrogens is 4. The maximum absolute atomic E-state index is 13.4. The Morgan fingerprint density at radius 2 is 1.85 bits per heavy atom. The van der Waals surface area contributed by atoms with Gasteiger partial charge in [-0.15, -0.1) is 21.5 Å². The first-order valence-corrected chi connectivity index (χ1v) is 12.6. The molecular weight excluding hydrogens is 468 g/mol. The summed E-state index contributed by atoms with van der Waals surface area (Å²) in [6.07, 6.45) is 0.912. The van der Waals surface area contributed by atoms with Gasteiger partial charge in [0.25, 0.3) is 5.56 Å². The Kier molecular flexibility index (Phi) is 6.21. The van der Waals surface area contributed by atoms with E-state index in [1.807, 2.05) is 59.0 Å². The average Bonchev–Trinajstić information content (AvgIpc) is 3.53. The molecule has 0 saturated heterocycles. The van der Waals surface area contributed by atoms with E-state index in [-0.39, 0.29) is 23.6 Å². The highest BCUT2D eigenvalue weighted by Crippen LogP contribution is 2.26. The van der Waals surface area contributed by atoms with E-state index in [4.69, 9.17) is 4.74 Å². The SMILES string of the molecule is CCc1ccc(C(=O)CSc2nnc3n(Cc4ccccc4OC)c(=O)c4ccccc4n23)s1. The molecule has 0 unspecified atom stereocenters. The smallest absolute Gasteiger partial charge is 0.263 e. The minimum atomic E-state index is -0.153. The number of aryl methyl sites for hydroxylation is 1. The van der Waals surface area contributed by atoms with E-state index in [2.05, 4.69) is 17.1 Å². The number of ketones is 1. The molecular formula is C25H22N4O3S2. The first-order chi connectivity index (χ1) is 16.6. The van der Waals surface area contributed by atoms with Crippen LogP contribution in [0, 0.1) is 0 Å². The quantitative estimate of drug-likeness (QED) is 0.232. The number of hydrogen-bond donors (Lipinski definition) is 0. The number of methoxy groups -OCH3 is 1. The van der Waals surface area contributed by atoms with Gasteiger partial charge in [-0.25, -0.2) is 0 Å². The van der Waals surface area contributed by atoms with Crippen molar-refractivity contribution in [3.8, 4) is 5.75 Å². The fourth-order valence-corrected chi connectivity index (χ4v) is 5.69. The van der Waals surface area contributed by atoms with Gasteiger partial charge in [-0.05, 0) is 36.8 Å². The van der Waals surface area contributed by atoms with Gasteiger partial charge in [-0.3, -0.25) is 18.6 Å². The first kappa shape index (κ1) is 22.4. The summed E-state index contributed by atoms with van der Waals surface area (Å²) in [4.78, 5) is 28.1.